The van der Waals surface area contributed by atoms with E-state index in [0.717, 1.165) is 48.6 Å². The summed E-state index contributed by atoms with van der Waals surface area (Å²) >= 11 is 3.46. The van der Waals surface area contributed by atoms with E-state index in [1.807, 2.05) is 35.2 Å². The standard InChI is InChI=1S/C44H49BrN10O6S/c1-3-52(2)62(60,61)51-36-6-4-5-33(41(36)45)42(58)35-26-48-43-34(35)23-31(25-47-43)30-9-13-38(46-24-30)54-19-21-55(22-20-54)40(57)27-53-17-15-29(16-18-53)28-7-10-32(11-8-28)49-37-12-14-39(56)50-44(37)59/h4-11,13,23-26,29,37,49,51H,3,12,14-22,27H2,1-2H3,(H,47,48)(H,50,56,59). The molecule has 3 aromatic heterocycles. The number of carbonyl (C=O) groups is 4. The van der Waals surface area contributed by atoms with Crippen LogP contribution in [0, 0.1) is 0 Å². The lowest BCUT2D eigenvalue weighted by Gasteiger charge is -2.37. The second-order valence-electron chi connectivity index (χ2n) is 15.9. The number of hydrogen-bond donors (Lipinski definition) is 4. The topological polar surface area (TPSA) is 193 Å². The number of carbonyl (C=O) groups excluding carboxylic acids is 4. The number of nitrogens with one attached hydrogen (secondary N) is 4. The SMILES string of the molecule is CCN(C)S(=O)(=O)Nc1cccc(C(=O)c2c[nH]c3ncc(-c4ccc(N5CCN(C(=O)CN6CCC(c7ccc(NC8CCC(=O)NC8=O)cc7)CC6)CC5)nc4)cc23)c1Br. The first-order valence-corrected chi connectivity index (χ1v) is 23.1. The average Bonchev–Trinajstić information content (AvgIpc) is 3.71. The molecule has 16 nitrogen and oxygen atoms in total. The molecule has 0 saturated carbocycles. The van der Waals surface area contributed by atoms with Crippen LogP contribution in [0.1, 0.15) is 60.0 Å². The van der Waals surface area contributed by atoms with Crippen LogP contribution in [0.15, 0.2) is 83.7 Å². The number of aromatic nitrogens is 3. The number of imide groups is 1. The monoisotopic (exact) mass is 924 g/mol. The molecule has 62 heavy (non-hydrogen) atoms. The Bertz CT molecular complexity index is 2590. The smallest absolute Gasteiger partial charge is 0.301 e. The van der Waals surface area contributed by atoms with Crippen LogP contribution in [0.3, 0.4) is 0 Å². The molecule has 6 heterocycles. The van der Waals surface area contributed by atoms with Crippen LogP contribution in [0.5, 0.6) is 0 Å². The Hall–Kier alpha value is -5.69. The molecule has 0 aliphatic carbocycles. The summed E-state index contributed by atoms with van der Waals surface area (Å²) in [7, 11) is -2.33. The lowest BCUT2D eigenvalue weighted by molar-refractivity contribution is -0.134. The summed E-state index contributed by atoms with van der Waals surface area (Å²) in [6.07, 6.45) is 7.89. The van der Waals surface area contributed by atoms with Crippen molar-refractivity contribution in [2.45, 2.75) is 44.6 Å². The molecular weight excluding hydrogens is 877 g/mol. The number of piperazine rings is 1. The van der Waals surface area contributed by atoms with Crippen LogP contribution < -0.4 is 20.3 Å². The largest absolute Gasteiger partial charge is 0.374 e. The Kier molecular flexibility index (Phi) is 12.7. The summed E-state index contributed by atoms with van der Waals surface area (Å²) in [6, 6.07) is 18.5. The molecule has 1 atom stereocenters. The molecule has 0 bridgehead atoms. The average molecular weight is 926 g/mol. The van der Waals surface area contributed by atoms with Crippen LogP contribution in [-0.2, 0) is 24.6 Å². The lowest BCUT2D eigenvalue weighted by Crippen LogP contribution is -2.52. The summed E-state index contributed by atoms with van der Waals surface area (Å²) in [5.41, 5.74) is 5.21. The van der Waals surface area contributed by atoms with E-state index < -0.39 is 16.3 Å². The van der Waals surface area contributed by atoms with Gasteiger partial charge in [0.25, 0.3) is 0 Å². The molecule has 1 unspecified atom stereocenters. The van der Waals surface area contributed by atoms with Crippen LogP contribution in [0.4, 0.5) is 17.2 Å². The molecule has 3 amide bonds. The number of nitrogens with zero attached hydrogens (tertiary/aromatic N) is 6. The van der Waals surface area contributed by atoms with Crippen molar-refractivity contribution in [3.8, 4) is 11.1 Å². The van der Waals surface area contributed by atoms with E-state index in [0.29, 0.717) is 78.1 Å². The molecule has 5 aromatic rings. The minimum Gasteiger partial charge on any atom is -0.374 e. The van der Waals surface area contributed by atoms with Gasteiger partial charge in [-0.1, -0.05) is 25.1 Å². The third kappa shape index (κ3) is 9.38. The molecule has 324 valence electrons. The van der Waals surface area contributed by atoms with Crippen molar-refractivity contribution in [1.29, 1.82) is 0 Å². The molecule has 18 heteroatoms. The number of hydrogen-bond acceptors (Lipinski definition) is 11. The number of ketones is 1. The predicted molar refractivity (Wildman–Crippen MR) is 241 cm³/mol. The normalized spacial score (nSPS) is 18.0. The summed E-state index contributed by atoms with van der Waals surface area (Å²) in [5.74, 6) is 0.561. The van der Waals surface area contributed by atoms with Crippen LogP contribution in [0.25, 0.3) is 22.2 Å². The van der Waals surface area contributed by atoms with Gasteiger partial charge in [0.2, 0.25) is 17.7 Å². The van der Waals surface area contributed by atoms with Crippen LogP contribution in [-0.4, -0.2) is 126 Å². The summed E-state index contributed by atoms with van der Waals surface area (Å²) in [6.45, 7) is 6.69. The van der Waals surface area contributed by atoms with Gasteiger partial charge in [-0.2, -0.15) is 12.7 Å². The molecule has 0 spiro atoms. The van der Waals surface area contributed by atoms with Gasteiger partial charge >= 0.3 is 10.2 Å². The summed E-state index contributed by atoms with van der Waals surface area (Å²) < 4.78 is 29.5. The molecule has 3 saturated heterocycles. The molecular formula is C44H49BrN10O6S. The van der Waals surface area contributed by atoms with Gasteiger partial charge in [-0.15, -0.1) is 0 Å². The highest BCUT2D eigenvalue weighted by Crippen LogP contribution is 2.33. The van der Waals surface area contributed by atoms with Gasteiger partial charge < -0.3 is 20.1 Å². The highest BCUT2D eigenvalue weighted by Gasteiger charge is 2.29. The third-order valence-corrected chi connectivity index (χ3v) is 14.5. The molecule has 8 rings (SSSR count). The van der Waals surface area contributed by atoms with E-state index in [4.69, 9.17) is 4.98 Å². The molecule has 3 fully saturated rings. The first kappa shape index (κ1) is 43.0. The van der Waals surface area contributed by atoms with Gasteiger partial charge in [0, 0.05) is 98.1 Å². The number of fused-ring (bicyclic) bond motifs is 1. The maximum atomic E-state index is 13.9. The first-order chi connectivity index (χ1) is 29.9. The fraction of sp³-hybridized carbons (Fsp3) is 0.364. The predicted octanol–water partition coefficient (Wildman–Crippen LogP) is 4.97. The second-order valence-corrected chi connectivity index (χ2v) is 18.5. The second kappa shape index (κ2) is 18.3. The fourth-order valence-electron chi connectivity index (χ4n) is 8.20. The van der Waals surface area contributed by atoms with Crippen LogP contribution in [0.2, 0.25) is 0 Å². The van der Waals surface area contributed by atoms with Crippen molar-refractivity contribution in [3.05, 3.63) is 100 Å². The quantitative estimate of drug-likeness (QED) is 0.0921. The van der Waals surface area contributed by atoms with Crippen molar-refractivity contribution in [3.63, 3.8) is 0 Å². The summed E-state index contributed by atoms with van der Waals surface area (Å²) in [4.78, 5) is 69.6. The summed E-state index contributed by atoms with van der Waals surface area (Å²) in [5, 5.41) is 6.25. The maximum absolute atomic E-state index is 13.9. The molecule has 0 radical (unpaired) electrons. The Labute approximate surface area is 368 Å². The van der Waals surface area contributed by atoms with E-state index >= 15 is 0 Å². The number of halogens is 1. The van der Waals surface area contributed by atoms with Crippen molar-refractivity contribution in [2.24, 2.45) is 0 Å². The van der Waals surface area contributed by atoms with Gasteiger partial charge in [-0.05, 0) is 102 Å². The number of amides is 3. The lowest BCUT2D eigenvalue weighted by atomic mass is 9.89. The minimum absolute atomic E-state index is 0.144. The van der Waals surface area contributed by atoms with Crippen LogP contribution >= 0.6 is 15.9 Å². The van der Waals surface area contributed by atoms with Gasteiger partial charge in [-0.3, -0.25) is 34.1 Å². The van der Waals surface area contributed by atoms with E-state index in [1.54, 1.807) is 43.7 Å². The Morgan fingerprint density at radius 1 is 0.903 bits per heavy atom. The van der Waals surface area contributed by atoms with Crippen molar-refractivity contribution in [2.75, 3.05) is 74.3 Å². The zero-order chi connectivity index (χ0) is 43.5. The first-order valence-electron chi connectivity index (χ1n) is 20.8. The van der Waals surface area contributed by atoms with E-state index in [-0.39, 0.29) is 35.7 Å². The van der Waals surface area contributed by atoms with Gasteiger partial charge in [0.05, 0.1) is 16.7 Å². The number of piperidine rings is 2. The highest BCUT2D eigenvalue weighted by molar-refractivity contribution is 9.10. The maximum Gasteiger partial charge on any atom is 0.301 e. The zero-order valence-electron chi connectivity index (χ0n) is 34.6. The number of rotatable bonds is 13. The van der Waals surface area contributed by atoms with Gasteiger partial charge in [0.1, 0.15) is 17.5 Å². The third-order valence-electron chi connectivity index (χ3n) is 12.1. The number of likely N-dealkylation sites (tertiary alicyclic amines) is 1. The number of pyridine rings is 2. The number of benzene rings is 2. The molecule has 3 aliphatic heterocycles. The Morgan fingerprint density at radius 3 is 2.34 bits per heavy atom. The van der Waals surface area contributed by atoms with E-state index in [9.17, 15) is 27.6 Å². The molecule has 2 aromatic carbocycles. The Balaban J connectivity index is 0.824. The van der Waals surface area contributed by atoms with Crippen molar-refractivity contribution in [1.82, 2.24) is 34.4 Å². The molecule has 4 N–H and O–H groups in total. The van der Waals surface area contributed by atoms with Crippen molar-refractivity contribution >= 4 is 77.9 Å². The number of anilines is 3. The Morgan fingerprint density at radius 2 is 1.65 bits per heavy atom. The highest BCUT2D eigenvalue weighted by atomic mass is 79.9. The molecule has 3 aliphatic rings. The fourth-order valence-corrected chi connectivity index (χ4v) is 9.81. The number of aromatic amines is 1. The minimum atomic E-state index is -3.80. The van der Waals surface area contributed by atoms with E-state index in [1.165, 1.54) is 16.9 Å². The number of H-pyrrole nitrogens is 1. The zero-order valence-corrected chi connectivity index (χ0v) is 37.0. The van der Waals surface area contributed by atoms with E-state index in [2.05, 4.69) is 63.2 Å². The van der Waals surface area contributed by atoms with Gasteiger partial charge in [0.15, 0.2) is 5.78 Å². The van der Waals surface area contributed by atoms with Gasteiger partial charge in [-0.25, -0.2) is 9.97 Å². The van der Waals surface area contributed by atoms with Crippen molar-refractivity contribution < 1.29 is 27.6 Å².